The molecule has 2 aromatic carbocycles. The van der Waals surface area contributed by atoms with Gasteiger partial charge in [-0.15, -0.1) is 11.8 Å². The summed E-state index contributed by atoms with van der Waals surface area (Å²) in [6, 6.07) is 11.2. The van der Waals surface area contributed by atoms with Crippen LogP contribution in [0, 0.1) is 11.1 Å². The summed E-state index contributed by atoms with van der Waals surface area (Å²) in [6.07, 6.45) is 3.33. The Hall–Kier alpha value is -2.99. The van der Waals surface area contributed by atoms with Gasteiger partial charge in [-0.2, -0.15) is 13.5 Å². The summed E-state index contributed by atoms with van der Waals surface area (Å²) in [5, 5.41) is 21.2. The molecule has 8 nitrogen and oxygen atoms in total. The van der Waals surface area contributed by atoms with Crippen molar-refractivity contribution in [3.05, 3.63) is 86.8 Å². The smallest absolute Gasteiger partial charge is 0.387 e. The molecular weight excluding hydrogens is 613 g/mol. The van der Waals surface area contributed by atoms with E-state index in [1.165, 1.54) is 30.0 Å². The zero-order chi connectivity index (χ0) is 29.8. The average molecular weight is 642 g/mol. The quantitative estimate of drug-likeness (QED) is 0.144. The van der Waals surface area contributed by atoms with Gasteiger partial charge in [0.25, 0.3) is 0 Å². The molecule has 1 saturated heterocycles. The largest absolute Gasteiger partial charge is 0.619 e. The summed E-state index contributed by atoms with van der Waals surface area (Å²) in [5.74, 6) is 0.628. The maximum Gasteiger partial charge on any atom is 0.387 e. The van der Waals surface area contributed by atoms with Gasteiger partial charge in [0, 0.05) is 30.8 Å². The Kier molecular flexibility index (Phi) is 9.82. The zero-order valence-electron chi connectivity index (χ0n) is 22.3. The van der Waals surface area contributed by atoms with Gasteiger partial charge in [0.05, 0.1) is 6.61 Å². The van der Waals surface area contributed by atoms with Gasteiger partial charge >= 0.3 is 12.6 Å². The van der Waals surface area contributed by atoms with Crippen LogP contribution in [0.3, 0.4) is 0 Å². The number of carbonyl (C=O) groups excluding carboxylic acids is 1. The molecular formula is C29H28Cl2F2N2O6S. The standard InChI is InChI=1S/C29H28Cl2F2N2O6S/c30-22-14-35(38)15-23(31)21(22)12-25(19-6-7-24(41-29(32)33)26(11-19)39-16-17-4-5-17)40-28(37)27-34(8-9-42-27)13-18-2-1-3-20(36)10-18/h1-3,6-7,10-11,14-15,17,25,27,29,36H,4-5,8-9,12-13,16H2/t25-,27-/m0/s1. The fourth-order valence-corrected chi connectivity index (χ4v) is 6.38. The molecule has 2 aliphatic rings. The van der Waals surface area contributed by atoms with Crippen molar-refractivity contribution in [3.63, 3.8) is 0 Å². The number of ether oxygens (including phenoxy) is 3. The van der Waals surface area contributed by atoms with Crippen LogP contribution in [0.4, 0.5) is 8.78 Å². The molecule has 2 fully saturated rings. The number of esters is 1. The van der Waals surface area contributed by atoms with Crippen molar-refractivity contribution in [2.75, 3.05) is 18.9 Å². The Morgan fingerprint density at radius 3 is 2.60 bits per heavy atom. The molecule has 1 aliphatic heterocycles. The van der Waals surface area contributed by atoms with Crippen LogP contribution >= 0.6 is 35.0 Å². The van der Waals surface area contributed by atoms with Crippen LogP contribution in [-0.4, -0.2) is 46.9 Å². The van der Waals surface area contributed by atoms with Crippen LogP contribution in [0.15, 0.2) is 54.9 Å². The minimum atomic E-state index is -3.05. The molecule has 0 bridgehead atoms. The van der Waals surface area contributed by atoms with E-state index in [-0.39, 0.29) is 33.7 Å². The maximum absolute atomic E-state index is 13.6. The van der Waals surface area contributed by atoms with E-state index in [0.717, 1.165) is 30.8 Å². The fourth-order valence-electron chi connectivity index (χ4n) is 4.63. The minimum Gasteiger partial charge on any atom is -0.619 e. The van der Waals surface area contributed by atoms with Gasteiger partial charge in [-0.05, 0) is 54.2 Å². The third-order valence-corrected chi connectivity index (χ3v) is 8.79. The first-order chi connectivity index (χ1) is 20.2. The SMILES string of the molecule is O=C(O[C@@H](Cc1c(Cl)c[n+]([O-])cc1Cl)c1ccc(OC(F)F)c(OCC2CC2)c1)[C@@H]1SCCN1Cc1cccc(O)c1. The van der Waals surface area contributed by atoms with Crippen LogP contribution < -0.4 is 14.2 Å². The number of thioether (sulfide) groups is 1. The van der Waals surface area contributed by atoms with E-state index in [0.29, 0.717) is 47.2 Å². The molecule has 1 aliphatic carbocycles. The summed E-state index contributed by atoms with van der Waals surface area (Å²) in [4.78, 5) is 15.6. The molecule has 2 atom stereocenters. The highest BCUT2D eigenvalue weighted by Crippen LogP contribution is 2.38. The first-order valence-corrected chi connectivity index (χ1v) is 15.1. The van der Waals surface area contributed by atoms with Crippen LogP contribution in [0.5, 0.6) is 17.2 Å². The van der Waals surface area contributed by atoms with E-state index >= 15 is 0 Å². The Balaban J connectivity index is 1.43. The number of nitrogens with zero attached hydrogens (tertiary/aromatic N) is 2. The number of hydrogen-bond donors (Lipinski definition) is 1. The van der Waals surface area contributed by atoms with Gasteiger partial charge in [-0.3, -0.25) is 4.90 Å². The number of benzene rings is 2. The number of alkyl halides is 2. The van der Waals surface area contributed by atoms with Crippen molar-refractivity contribution >= 4 is 40.9 Å². The predicted octanol–water partition coefficient (Wildman–Crippen LogP) is 6.12. The van der Waals surface area contributed by atoms with Crippen LogP contribution in [0.2, 0.25) is 10.0 Å². The second kappa shape index (κ2) is 13.5. The number of hydrogen-bond acceptors (Lipinski definition) is 8. The molecule has 224 valence electrons. The van der Waals surface area contributed by atoms with Crippen LogP contribution in [0.1, 0.15) is 35.6 Å². The zero-order valence-corrected chi connectivity index (χ0v) is 24.6. The first-order valence-electron chi connectivity index (χ1n) is 13.3. The molecule has 13 heteroatoms. The maximum atomic E-state index is 13.6. The summed E-state index contributed by atoms with van der Waals surface area (Å²) < 4.78 is 43.3. The number of pyridine rings is 1. The van der Waals surface area contributed by atoms with Crippen molar-refractivity contribution in [1.29, 1.82) is 0 Å². The molecule has 1 aromatic heterocycles. The predicted molar refractivity (Wildman–Crippen MR) is 154 cm³/mol. The molecule has 0 radical (unpaired) electrons. The molecule has 3 aromatic rings. The highest BCUT2D eigenvalue weighted by Gasteiger charge is 2.35. The van der Waals surface area contributed by atoms with Crippen LogP contribution in [0.25, 0.3) is 0 Å². The number of halogens is 4. The number of aromatic nitrogens is 1. The van der Waals surface area contributed by atoms with E-state index in [1.807, 2.05) is 11.0 Å². The minimum absolute atomic E-state index is 0.00526. The number of phenols is 1. The molecule has 0 unspecified atom stereocenters. The van der Waals surface area contributed by atoms with Crippen molar-refractivity contribution in [1.82, 2.24) is 4.90 Å². The Bertz CT molecular complexity index is 1410. The molecule has 0 spiro atoms. The molecule has 0 amide bonds. The topological polar surface area (TPSA) is 95.2 Å². The molecule has 1 saturated carbocycles. The Morgan fingerprint density at radius 1 is 1.14 bits per heavy atom. The normalized spacial score (nSPS) is 17.8. The van der Waals surface area contributed by atoms with E-state index in [2.05, 4.69) is 4.74 Å². The first kappa shape index (κ1) is 30.5. The molecule has 2 heterocycles. The number of aromatic hydroxyl groups is 1. The summed E-state index contributed by atoms with van der Waals surface area (Å²) >= 11 is 14.1. The highest BCUT2D eigenvalue weighted by atomic mass is 35.5. The fraction of sp³-hybridized carbons (Fsp3) is 0.379. The molecule has 5 rings (SSSR count). The van der Waals surface area contributed by atoms with Crippen molar-refractivity contribution < 1.29 is 37.6 Å². The lowest BCUT2D eigenvalue weighted by molar-refractivity contribution is -0.605. The van der Waals surface area contributed by atoms with Crippen molar-refractivity contribution in [2.24, 2.45) is 5.92 Å². The van der Waals surface area contributed by atoms with Gasteiger partial charge in [0.2, 0.25) is 0 Å². The lowest BCUT2D eigenvalue weighted by atomic mass is 10.0. The van der Waals surface area contributed by atoms with Gasteiger partial charge in [-0.25, -0.2) is 4.79 Å². The van der Waals surface area contributed by atoms with E-state index < -0.39 is 24.1 Å². The van der Waals surface area contributed by atoms with E-state index in [4.69, 9.17) is 32.7 Å². The third-order valence-electron chi connectivity index (χ3n) is 6.92. The third kappa shape index (κ3) is 7.89. The van der Waals surface area contributed by atoms with Crippen molar-refractivity contribution in [2.45, 2.75) is 43.9 Å². The second-order valence-electron chi connectivity index (χ2n) is 10.1. The van der Waals surface area contributed by atoms with E-state index in [1.54, 1.807) is 18.2 Å². The van der Waals surface area contributed by atoms with Crippen molar-refractivity contribution in [3.8, 4) is 17.2 Å². The van der Waals surface area contributed by atoms with Crippen LogP contribution in [-0.2, 0) is 22.5 Å². The lowest BCUT2D eigenvalue weighted by Gasteiger charge is -2.26. The summed E-state index contributed by atoms with van der Waals surface area (Å²) in [7, 11) is 0. The Labute approximate surface area is 255 Å². The highest BCUT2D eigenvalue weighted by molar-refractivity contribution is 8.00. The molecule has 1 N–H and O–H groups in total. The number of carbonyl (C=O) groups is 1. The molecule has 42 heavy (non-hydrogen) atoms. The summed E-state index contributed by atoms with van der Waals surface area (Å²) in [6.45, 7) is -1.66. The monoisotopic (exact) mass is 640 g/mol. The number of phenolic OH excluding ortho intramolecular Hbond substituents is 1. The average Bonchev–Trinajstić information content (AvgIpc) is 3.65. The lowest BCUT2D eigenvalue weighted by Crippen LogP contribution is -2.36. The number of rotatable bonds is 12. The second-order valence-corrected chi connectivity index (χ2v) is 12.1. The van der Waals surface area contributed by atoms with Gasteiger partial charge in [-0.1, -0.05) is 41.4 Å². The summed E-state index contributed by atoms with van der Waals surface area (Å²) in [5.41, 5.74) is 1.67. The Morgan fingerprint density at radius 2 is 1.90 bits per heavy atom. The van der Waals surface area contributed by atoms with Gasteiger partial charge in [0.1, 0.15) is 21.9 Å². The van der Waals surface area contributed by atoms with Gasteiger partial charge < -0.3 is 24.5 Å². The van der Waals surface area contributed by atoms with Gasteiger partial charge in [0.15, 0.2) is 29.3 Å². The van der Waals surface area contributed by atoms with E-state index in [9.17, 15) is 23.9 Å².